The van der Waals surface area contributed by atoms with Crippen LogP contribution in [0.15, 0.2) is 46.4 Å². The molecule has 150 valence electrons. The fourth-order valence-corrected chi connectivity index (χ4v) is 5.40. The highest BCUT2D eigenvalue weighted by Gasteiger charge is 2.34. The first-order valence-electron chi connectivity index (χ1n) is 8.31. The molecule has 1 N–H and O–H groups in total. The van der Waals surface area contributed by atoms with Crippen molar-refractivity contribution in [1.82, 2.24) is 4.72 Å². The molecule has 0 amide bonds. The number of hydrazone groups is 1. The van der Waals surface area contributed by atoms with Crippen molar-refractivity contribution in [2.24, 2.45) is 11.0 Å². The molecular formula is C18H17Cl2FIN3O2S. The predicted molar refractivity (Wildman–Crippen MR) is 120 cm³/mol. The Balaban J connectivity index is 1.83. The van der Waals surface area contributed by atoms with Crippen LogP contribution in [0.5, 0.6) is 0 Å². The third kappa shape index (κ3) is 4.46. The molecule has 0 aromatic heterocycles. The largest absolute Gasteiger partial charge is 0.250 e. The van der Waals surface area contributed by atoms with Gasteiger partial charge in [0.2, 0.25) is 10.0 Å². The Kier molecular flexibility index (Phi) is 6.55. The van der Waals surface area contributed by atoms with Crippen LogP contribution in [-0.2, 0) is 10.0 Å². The van der Waals surface area contributed by atoms with Gasteiger partial charge in [-0.05, 0) is 42.8 Å². The zero-order valence-electron chi connectivity index (χ0n) is 15.0. The number of benzene rings is 2. The third-order valence-corrected chi connectivity index (χ3v) is 8.14. The minimum atomic E-state index is -3.87. The Morgan fingerprint density at radius 2 is 1.96 bits per heavy atom. The summed E-state index contributed by atoms with van der Waals surface area (Å²) in [6.07, 6.45) is 0. The van der Waals surface area contributed by atoms with Crippen LogP contribution in [0.3, 0.4) is 0 Å². The SMILES string of the molecule is Cc1ccc(F)cc1S(=O)(=O)NCC1=NN(c2ccc(Cl)cc2Cl)[C@H](I)[C@H]1C. The number of alkyl halides is 1. The van der Waals surface area contributed by atoms with E-state index in [1.54, 1.807) is 30.1 Å². The average Bonchev–Trinajstić information content (AvgIpc) is 2.90. The molecule has 0 bridgehead atoms. The van der Waals surface area contributed by atoms with Crippen molar-refractivity contribution >= 4 is 67.2 Å². The van der Waals surface area contributed by atoms with E-state index in [2.05, 4.69) is 32.4 Å². The lowest BCUT2D eigenvalue weighted by Crippen LogP contribution is -2.33. The van der Waals surface area contributed by atoms with Gasteiger partial charge in [-0.15, -0.1) is 0 Å². The zero-order valence-corrected chi connectivity index (χ0v) is 19.4. The second-order valence-corrected chi connectivity index (χ2v) is 10.3. The molecule has 0 spiro atoms. The van der Waals surface area contributed by atoms with Gasteiger partial charge in [0.1, 0.15) is 9.87 Å². The quantitative estimate of drug-likeness (QED) is 0.321. The first-order valence-corrected chi connectivity index (χ1v) is 11.8. The van der Waals surface area contributed by atoms with Gasteiger partial charge in [-0.25, -0.2) is 17.5 Å². The molecule has 0 unspecified atom stereocenters. The van der Waals surface area contributed by atoms with Gasteiger partial charge >= 0.3 is 0 Å². The summed E-state index contributed by atoms with van der Waals surface area (Å²) >= 11 is 14.5. The van der Waals surface area contributed by atoms with E-state index in [0.29, 0.717) is 27.0 Å². The van der Waals surface area contributed by atoms with Crippen molar-refractivity contribution in [3.8, 4) is 0 Å². The predicted octanol–water partition coefficient (Wildman–Crippen LogP) is 4.99. The number of nitrogens with zero attached hydrogens (tertiary/aromatic N) is 2. The molecule has 3 rings (SSSR count). The van der Waals surface area contributed by atoms with Crippen molar-refractivity contribution < 1.29 is 12.8 Å². The Morgan fingerprint density at radius 3 is 2.64 bits per heavy atom. The highest BCUT2D eigenvalue weighted by molar-refractivity contribution is 14.1. The first-order chi connectivity index (χ1) is 13.1. The summed E-state index contributed by atoms with van der Waals surface area (Å²) in [5.74, 6) is -0.628. The highest BCUT2D eigenvalue weighted by atomic mass is 127. The number of sulfonamides is 1. The van der Waals surface area contributed by atoms with Gasteiger partial charge in [0.05, 0.1) is 27.9 Å². The van der Waals surface area contributed by atoms with E-state index in [9.17, 15) is 12.8 Å². The Morgan fingerprint density at radius 1 is 1.25 bits per heavy atom. The molecule has 0 radical (unpaired) electrons. The third-order valence-electron chi connectivity index (χ3n) is 4.45. The van der Waals surface area contributed by atoms with Crippen molar-refractivity contribution in [2.45, 2.75) is 22.8 Å². The number of rotatable bonds is 5. The Hall–Kier alpha value is -0.940. The van der Waals surface area contributed by atoms with Crippen LogP contribution in [0.25, 0.3) is 0 Å². The molecule has 2 aromatic rings. The van der Waals surface area contributed by atoms with Gasteiger partial charge in [-0.2, -0.15) is 5.10 Å². The number of halogens is 4. The van der Waals surface area contributed by atoms with Crippen LogP contribution in [0.2, 0.25) is 10.0 Å². The fourth-order valence-electron chi connectivity index (χ4n) is 2.82. The molecule has 0 fully saturated rings. The smallest absolute Gasteiger partial charge is 0.241 e. The van der Waals surface area contributed by atoms with Gasteiger partial charge in [0, 0.05) is 10.9 Å². The van der Waals surface area contributed by atoms with Gasteiger partial charge in [-0.1, -0.05) is 58.8 Å². The topological polar surface area (TPSA) is 61.8 Å². The molecule has 2 aromatic carbocycles. The van der Waals surface area contributed by atoms with E-state index in [1.807, 2.05) is 6.92 Å². The van der Waals surface area contributed by atoms with Crippen LogP contribution >= 0.6 is 45.8 Å². The van der Waals surface area contributed by atoms with E-state index < -0.39 is 15.8 Å². The van der Waals surface area contributed by atoms with E-state index in [1.165, 1.54) is 12.1 Å². The monoisotopic (exact) mass is 555 g/mol. The van der Waals surface area contributed by atoms with Crippen molar-refractivity contribution in [3.05, 3.63) is 57.8 Å². The van der Waals surface area contributed by atoms with Crippen LogP contribution in [-0.4, -0.2) is 24.7 Å². The number of hydrogen-bond acceptors (Lipinski definition) is 4. The maximum atomic E-state index is 13.5. The summed E-state index contributed by atoms with van der Waals surface area (Å²) < 4.78 is 41.2. The molecule has 1 aliphatic rings. The number of anilines is 1. The van der Waals surface area contributed by atoms with Gasteiger partial charge in [0.25, 0.3) is 0 Å². The molecule has 0 saturated heterocycles. The van der Waals surface area contributed by atoms with Gasteiger partial charge in [-0.3, -0.25) is 5.01 Å². The van der Waals surface area contributed by atoms with Crippen LogP contribution in [0.1, 0.15) is 12.5 Å². The lowest BCUT2D eigenvalue weighted by molar-refractivity contribution is 0.580. The first kappa shape index (κ1) is 21.8. The molecule has 0 aliphatic carbocycles. The van der Waals surface area contributed by atoms with E-state index in [4.69, 9.17) is 23.2 Å². The van der Waals surface area contributed by atoms with Crippen molar-refractivity contribution in [2.75, 3.05) is 11.6 Å². The number of hydrogen-bond donors (Lipinski definition) is 1. The molecule has 10 heteroatoms. The summed E-state index contributed by atoms with van der Waals surface area (Å²) in [7, 11) is -3.87. The molecule has 2 atom stereocenters. The summed E-state index contributed by atoms with van der Waals surface area (Å²) in [6, 6.07) is 8.81. The summed E-state index contributed by atoms with van der Waals surface area (Å²) in [6.45, 7) is 3.59. The summed E-state index contributed by atoms with van der Waals surface area (Å²) in [5.41, 5.74) is 1.82. The second kappa shape index (κ2) is 8.43. The fraction of sp³-hybridized carbons (Fsp3) is 0.278. The van der Waals surface area contributed by atoms with Crippen LogP contribution in [0.4, 0.5) is 10.1 Å². The van der Waals surface area contributed by atoms with E-state index in [-0.39, 0.29) is 21.4 Å². The lowest BCUT2D eigenvalue weighted by atomic mass is 10.1. The minimum absolute atomic E-state index is 0.0145. The molecule has 28 heavy (non-hydrogen) atoms. The molecule has 1 aliphatic heterocycles. The van der Waals surface area contributed by atoms with Crippen molar-refractivity contribution in [3.63, 3.8) is 0 Å². The molecule has 1 heterocycles. The summed E-state index contributed by atoms with van der Waals surface area (Å²) in [4.78, 5) is -0.0811. The van der Waals surface area contributed by atoms with E-state index in [0.717, 1.165) is 6.07 Å². The maximum absolute atomic E-state index is 13.5. The molecular weight excluding hydrogens is 539 g/mol. The zero-order chi connectivity index (χ0) is 20.6. The molecule has 0 saturated carbocycles. The summed E-state index contributed by atoms with van der Waals surface area (Å²) in [5, 5.41) is 7.29. The lowest BCUT2D eigenvalue weighted by Gasteiger charge is -2.22. The average molecular weight is 556 g/mol. The standard InChI is InChI=1S/C18H17Cl2FIN3O2S/c1-10-3-5-13(21)8-17(10)28(26,27)23-9-15-11(2)18(22)25(24-15)16-6-4-12(19)7-14(16)20/h3-8,11,18,23H,9H2,1-2H3/t11-,18-/m0/s1. The van der Waals surface area contributed by atoms with Gasteiger partial charge < -0.3 is 0 Å². The normalized spacial score (nSPS) is 19.8. The van der Waals surface area contributed by atoms with Gasteiger partial charge in [0.15, 0.2) is 0 Å². The van der Waals surface area contributed by atoms with Crippen LogP contribution in [0, 0.1) is 18.7 Å². The van der Waals surface area contributed by atoms with Crippen LogP contribution < -0.4 is 9.73 Å². The van der Waals surface area contributed by atoms with Crippen molar-refractivity contribution in [1.29, 1.82) is 0 Å². The highest BCUT2D eigenvalue weighted by Crippen LogP contribution is 2.37. The Labute approximate surface area is 187 Å². The Bertz CT molecular complexity index is 1050. The molecule has 5 nitrogen and oxygen atoms in total. The van der Waals surface area contributed by atoms with E-state index >= 15 is 0 Å². The second-order valence-electron chi connectivity index (χ2n) is 6.43. The maximum Gasteiger partial charge on any atom is 0.241 e. The minimum Gasteiger partial charge on any atom is -0.250 e. The number of aryl methyl sites for hydroxylation is 1. The number of nitrogens with one attached hydrogen (secondary N) is 1.